The molecule has 0 saturated heterocycles. The van der Waals surface area contributed by atoms with Gasteiger partial charge in [-0.3, -0.25) is 9.36 Å². The second-order valence-electron chi connectivity index (χ2n) is 8.41. The van der Waals surface area contributed by atoms with Gasteiger partial charge >= 0.3 is 5.97 Å². The SMILES string of the molecule is Cc1cc(C)cc(-c2c(Cc3cccc4ccccc34)cc(=O)n3c2SC[C@H]3C(=O)O)c1. The highest BCUT2D eigenvalue weighted by Crippen LogP contribution is 2.42. The van der Waals surface area contributed by atoms with Gasteiger partial charge in [0.2, 0.25) is 0 Å². The summed E-state index contributed by atoms with van der Waals surface area (Å²) in [6, 6.07) is 21.7. The first-order valence-corrected chi connectivity index (χ1v) is 11.6. The number of aliphatic carboxylic acids is 1. The van der Waals surface area contributed by atoms with Crippen LogP contribution >= 0.6 is 11.8 Å². The molecule has 0 radical (unpaired) electrons. The number of aryl methyl sites for hydroxylation is 2. The second-order valence-corrected chi connectivity index (χ2v) is 9.42. The van der Waals surface area contributed by atoms with Crippen molar-refractivity contribution in [1.82, 2.24) is 4.57 Å². The number of hydrogen-bond donors (Lipinski definition) is 1. The number of rotatable bonds is 4. The van der Waals surface area contributed by atoms with E-state index in [0.29, 0.717) is 12.2 Å². The molecule has 1 N–H and O–H groups in total. The highest BCUT2D eigenvalue weighted by Gasteiger charge is 2.33. The molecule has 5 heteroatoms. The Bertz CT molecular complexity index is 1410. The molecule has 4 nitrogen and oxygen atoms in total. The molecule has 1 aliphatic rings. The zero-order valence-electron chi connectivity index (χ0n) is 18.0. The van der Waals surface area contributed by atoms with Crippen LogP contribution in [-0.2, 0) is 11.2 Å². The fraction of sp³-hybridized carbons (Fsp3) is 0.185. The van der Waals surface area contributed by atoms with Gasteiger partial charge in [0, 0.05) is 17.4 Å². The second kappa shape index (κ2) is 7.99. The molecule has 3 aromatic carbocycles. The topological polar surface area (TPSA) is 59.3 Å². The molecule has 32 heavy (non-hydrogen) atoms. The summed E-state index contributed by atoms with van der Waals surface area (Å²) in [7, 11) is 0. The van der Waals surface area contributed by atoms with E-state index in [4.69, 9.17) is 0 Å². The summed E-state index contributed by atoms with van der Waals surface area (Å²) in [6.07, 6.45) is 0.602. The highest BCUT2D eigenvalue weighted by atomic mass is 32.2. The maximum Gasteiger partial charge on any atom is 0.327 e. The van der Waals surface area contributed by atoms with Gasteiger partial charge in [0.1, 0.15) is 6.04 Å². The molecule has 5 rings (SSSR count). The van der Waals surface area contributed by atoms with E-state index in [-0.39, 0.29) is 5.56 Å². The van der Waals surface area contributed by atoms with Gasteiger partial charge in [0.25, 0.3) is 5.56 Å². The van der Waals surface area contributed by atoms with Crippen molar-refractivity contribution in [2.45, 2.75) is 31.3 Å². The standard InChI is InChI=1S/C27H23NO3S/c1-16-10-17(2)12-20(11-16)25-21(13-19-8-5-7-18-6-3-4-9-22(18)19)14-24(29)28-23(27(30)31)15-32-26(25)28/h3-12,14,23H,13,15H2,1-2H3,(H,30,31)/t23-/m0/s1. The predicted molar refractivity (Wildman–Crippen MR) is 130 cm³/mol. The van der Waals surface area contributed by atoms with Crippen molar-refractivity contribution in [3.8, 4) is 11.1 Å². The summed E-state index contributed by atoms with van der Waals surface area (Å²) in [5.74, 6) is -0.605. The average molecular weight is 442 g/mol. The van der Waals surface area contributed by atoms with Gasteiger partial charge in [-0.05, 0) is 47.7 Å². The zero-order valence-corrected chi connectivity index (χ0v) is 18.8. The van der Waals surface area contributed by atoms with Crippen LogP contribution in [0.25, 0.3) is 21.9 Å². The van der Waals surface area contributed by atoms with Crippen molar-refractivity contribution in [2.75, 3.05) is 5.75 Å². The van der Waals surface area contributed by atoms with E-state index >= 15 is 0 Å². The molecule has 0 saturated carbocycles. The molecule has 1 aliphatic heterocycles. The molecule has 4 aromatic rings. The van der Waals surface area contributed by atoms with Crippen LogP contribution in [0.5, 0.6) is 0 Å². The monoisotopic (exact) mass is 441 g/mol. The lowest BCUT2D eigenvalue weighted by molar-refractivity contribution is -0.140. The van der Waals surface area contributed by atoms with Gasteiger partial charge in [0.05, 0.1) is 5.03 Å². The van der Waals surface area contributed by atoms with Crippen LogP contribution in [0, 0.1) is 13.8 Å². The van der Waals surface area contributed by atoms with Crippen LogP contribution in [0.1, 0.15) is 28.3 Å². The van der Waals surface area contributed by atoms with Gasteiger partial charge < -0.3 is 5.11 Å². The first kappa shape index (κ1) is 20.6. The fourth-order valence-electron chi connectivity index (χ4n) is 4.72. The quantitative estimate of drug-likeness (QED) is 0.447. The minimum atomic E-state index is -0.966. The smallest absolute Gasteiger partial charge is 0.327 e. The lowest BCUT2D eigenvalue weighted by Crippen LogP contribution is -2.29. The molecule has 0 unspecified atom stereocenters. The molecule has 1 aromatic heterocycles. The van der Waals surface area contributed by atoms with E-state index in [2.05, 4.69) is 56.3 Å². The number of carboxylic acid groups (broad SMARTS) is 1. The molecular weight excluding hydrogens is 418 g/mol. The van der Waals surface area contributed by atoms with E-state index in [0.717, 1.165) is 49.2 Å². The summed E-state index contributed by atoms with van der Waals surface area (Å²) < 4.78 is 1.46. The van der Waals surface area contributed by atoms with Crippen LogP contribution in [0.2, 0.25) is 0 Å². The van der Waals surface area contributed by atoms with Crippen molar-refractivity contribution in [3.05, 3.63) is 99.3 Å². The molecular formula is C27H23NO3S. The van der Waals surface area contributed by atoms with Crippen molar-refractivity contribution in [3.63, 3.8) is 0 Å². The Balaban J connectivity index is 1.76. The van der Waals surface area contributed by atoms with E-state index < -0.39 is 12.0 Å². The zero-order chi connectivity index (χ0) is 22.4. The third-order valence-electron chi connectivity index (χ3n) is 6.03. The molecule has 160 valence electrons. The largest absolute Gasteiger partial charge is 0.480 e. The number of carbonyl (C=O) groups is 1. The normalized spacial score (nSPS) is 15.1. The molecule has 2 heterocycles. The van der Waals surface area contributed by atoms with Crippen molar-refractivity contribution in [2.24, 2.45) is 0 Å². The lowest BCUT2D eigenvalue weighted by atomic mass is 9.92. The number of nitrogens with zero attached hydrogens (tertiary/aromatic N) is 1. The predicted octanol–water partition coefficient (Wildman–Crippen LogP) is 5.61. The number of aromatic nitrogens is 1. The molecule has 0 bridgehead atoms. The summed E-state index contributed by atoms with van der Waals surface area (Å²) in [5.41, 5.74) is 6.11. The van der Waals surface area contributed by atoms with Gasteiger partial charge in [-0.25, -0.2) is 4.79 Å². The molecule has 0 spiro atoms. The first-order chi connectivity index (χ1) is 15.4. The van der Waals surface area contributed by atoms with Gasteiger partial charge in [0.15, 0.2) is 0 Å². The van der Waals surface area contributed by atoms with Crippen LogP contribution in [0.3, 0.4) is 0 Å². The van der Waals surface area contributed by atoms with E-state index in [9.17, 15) is 14.7 Å². The first-order valence-electron chi connectivity index (χ1n) is 10.6. The number of benzene rings is 3. The summed E-state index contributed by atoms with van der Waals surface area (Å²) in [4.78, 5) is 24.9. The molecule has 0 amide bonds. The number of hydrogen-bond acceptors (Lipinski definition) is 3. The minimum absolute atomic E-state index is 0.249. The van der Waals surface area contributed by atoms with Gasteiger partial charge in [-0.15, -0.1) is 11.8 Å². The maximum atomic E-state index is 13.1. The Morgan fingerprint density at radius 3 is 2.47 bits per heavy atom. The van der Waals surface area contributed by atoms with Crippen molar-refractivity contribution >= 4 is 28.5 Å². The van der Waals surface area contributed by atoms with Crippen LogP contribution in [0.4, 0.5) is 0 Å². The van der Waals surface area contributed by atoms with Crippen molar-refractivity contribution < 1.29 is 9.90 Å². The highest BCUT2D eigenvalue weighted by molar-refractivity contribution is 7.99. The lowest BCUT2D eigenvalue weighted by Gasteiger charge is -2.18. The Labute approximate surface area is 190 Å². The Hall–Kier alpha value is -3.31. The number of pyridine rings is 1. The average Bonchev–Trinajstić information content (AvgIpc) is 3.19. The summed E-state index contributed by atoms with van der Waals surface area (Å²) in [5, 5.41) is 12.8. The third-order valence-corrected chi connectivity index (χ3v) is 7.19. The van der Waals surface area contributed by atoms with E-state index in [1.54, 1.807) is 6.07 Å². The van der Waals surface area contributed by atoms with Crippen molar-refractivity contribution in [1.29, 1.82) is 0 Å². The van der Waals surface area contributed by atoms with Gasteiger partial charge in [-0.1, -0.05) is 71.8 Å². The molecule has 0 aliphatic carbocycles. The molecule has 0 fully saturated rings. The van der Waals surface area contributed by atoms with Gasteiger partial charge in [-0.2, -0.15) is 0 Å². The maximum absolute atomic E-state index is 13.1. The van der Waals surface area contributed by atoms with Crippen LogP contribution in [0.15, 0.2) is 76.6 Å². The summed E-state index contributed by atoms with van der Waals surface area (Å²) >= 11 is 1.46. The van der Waals surface area contributed by atoms with E-state index in [1.165, 1.54) is 16.3 Å². The van der Waals surface area contributed by atoms with Crippen LogP contribution < -0.4 is 5.56 Å². The van der Waals surface area contributed by atoms with Crippen LogP contribution in [-0.4, -0.2) is 21.4 Å². The molecule has 1 atom stereocenters. The minimum Gasteiger partial charge on any atom is -0.480 e. The number of carboxylic acids is 1. The summed E-state index contributed by atoms with van der Waals surface area (Å²) in [6.45, 7) is 4.12. The Morgan fingerprint density at radius 2 is 1.72 bits per heavy atom. The third kappa shape index (κ3) is 3.53. The fourth-order valence-corrected chi connectivity index (χ4v) is 6.08. The Morgan fingerprint density at radius 1 is 1.00 bits per heavy atom. The number of fused-ring (bicyclic) bond motifs is 2. The number of thioether (sulfide) groups is 1. The van der Waals surface area contributed by atoms with E-state index in [1.807, 2.05) is 18.2 Å². The Kier molecular flexibility index (Phi) is 5.14.